The lowest BCUT2D eigenvalue weighted by Crippen LogP contribution is -1.92. The van der Waals surface area contributed by atoms with E-state index in [1.54, 1.807) is 0 Å². The van der Waals surface area contributed by atoms with Gasteiger partial charge in [-0.3, -0.25) is 0 Å². The first-order valence-corrected chi connectivity index (χ1v) is 8.47. The average Bonchev–Trinajstić information content (AvgIpc) is 2.62. The molecular formula is C13H11Br3S. The van der Waals surface area contributed by atoms with Crippen LogP contribution in [0.3, 0.4) is 0 Å². The van der Waals surface area contributed by atoms with Gasteiger partial charge in [0, 0.05) is 18.7 Å². The van der Waals surface area contributed by atoms with E-state index in [4.69, 9.17) is 0 Å². The topological polar surface area (TPSA) is 0 Å². The van der Waals surface area contributed by atoms with Crippen molar-refractivity contribution >= 4 is 59.1 Å². The molecule has 0 aliphatic rings. The second kappa shape index (κ2) is 5.55. The van der Waals surface area contributed by atoms with Crippen LogP contribution in [-0.2, 0) is 0 Å². The van der Waals surface area contributed by atoms with Gasteiger partial charge in [-0.05, 0) is 47.0 Å². The Bertz CT molecular complexity index is 526. The minimum Gasteiger partial charge on any atom is -0.143 e. The smallest absolute Gasteiger partial charge is 0.0749 e. The minimum absolute atomic E-state index is 0.242. The standard InChI is InChI=1S/C13H11Br3S/c1-7-4-3-5-9(12(7)15)13(16)11-6-10(14)8(2)17-11/h3-6,13H,1-2H3. The summed E-state index contributed by atoms with van der Waals surface area (Å²) in [6.45, 7) is 4.24. The SMILES string of the molecule is Cc1cccc(C(Br)c2cc(Br)c(C)s2)c1Br. The Balaban J connectivity index is 2.43. The Morgan fingerprint density at radius 3 is 2.47 bits per heavy atom. The van der Waals surface area contributed by atoms with Crippen LogP contribution in [0.4, 0.5) is 0 Å². The van der Waals surface area contributed by atoms with Crippen LogP contribution in [-0.4, -0.2) is 0 Å². The maximum atomic E-state index is 3.79. The van der Waals surface area contributed by atoms with Crippen molar-refractivity contribution in [3.8, 4) is 0 Å². The molecule has 0 nitrogen and oxygen atoms in total. The van der Waals surface area contributed by atoms with Crippen LogP contribution in [0.1, 0.15) is 25.7 Å². The van der Waals surface area contributed by atoms with Crippen molar-refractivity contribution < 1.29 is 0 Å². The third-order valence-corrected chi connectivity index (χ3v) is 7.20. The molecule has 0 spiro atoms. The number of alkyl halides is 1. The molecule has 0 aliphatic heterocycles. The van der Waals surface area contributed by atoms with Crippen LogP contribution < -0.4 is 0 Å². The normalized spacial score (nSPS) is 12.8. The summed E-state index contributed by atoms with van der Waals surface area (Å²) in [5.74, 6) is 0. The van der Waals surface area contributed by atoms with Gasteiger partial charge in [0.05, 0.1) is 4.83 Å². The number of rotatable bonds is 2. The van der Waals surface area contributed by atoms with Crippen molar-refractivity contribution in [2.24, 2.45) is 0 Å². The van der Waals surface area contributed by atoms with Gasteiger partial charge in [0.15, 0.2) is 0 Å². The zero-order valence-electron chi connectivity index (χ0n) is 9.43. The Labute approximate surface area is 131 Å². The highest BCUT2D eigenvalue weighted by Gasteiger charge is 2.17. The fraction of sp³-hybridized carbons (Fsp3) is 0.231. The molecule has 4 heteroatoms. The quantitative estimate of drug-likeness (QED) is 0.477. The first-order chi connectivity index (χ1) is 8.00. The van der Waals surface area contributed by atoms with E-state index in [2.05, 4.69) is 85.9 Å². The van der Waals surface area contributed by atoms with E-state index in [9.17, 15) is 0 Å². The molecule has 1 heterocycles. The van der Waals surface area contributed by atoms with E-state index in [0.29, 0.717) is 0 Å². The molecule has 17 heavy (non-hydrogen) atoms. The highest BCUT2D eigenvalue weighted by atomic mass is 79.9. The van der Waals surface area contributed by atoms with Crippen molar-refractivity contribution in [3.63, 3.8) is 0 Å². The molecule has 0 bridgehead atoms. The number of aryl methyl sites for hydroxylation is 2. The lowest BCUT2D eigenvalue weighted by atomic mass is 10.1. The Hall–Kier alpha value is 0.360. The number of halogens is 3. The van der Waals surface area contributed by atoms with Gasteiger partial charge in [-0.15, -0.1) is 11.3 Å². The van der Waals surface area contributed by atoms with Crippen molar-refractivity contribution in [1.82, 2.24) is 0 Å². The number of hydrogen-bond acceptors (Lipinski definition) is 1. The van der Waals surface area contributed by atoms with Gasteiger partial charge in [-0.25, -0.2) is 0 Å². The number of thiophene rings is 1. The first kappa shape index (κ1) is 13.8. The fourth-order valence-electron chi connectivity index (χ4n) is 1.63. The molecule has 0 N–H and O–H groups in total. The number of hydrogen-bond donors (Lipinski definition) is 0. The maximum absolute atomic E-state index is 3.79. The van der Waals surface area contributed by atoms with E-state index < -0.39 is 0 Å². The van der Waals surface area contributed by atoms with E-state index in [-0.39, 0.29) is 4.83 Å². The zero-order valence-corrected chi connectivity index (χ0v) is 15.0. The summed E-state index contributed by atoms with van der Waals surface area (Å²) in [4.78, 5) is 2.88. The fourth-order valence-corrected chi connectivity index (χ4v) is 4.78. The van der Waals surface area contributed by atoms with Gasteiger partial charge in [-0.1, -0.05) is 50.1 Å². The second-order valence-electron chi connectivity index (χ2n) is 3.89. The van der Waals surface area contributed by atoms with Crippen molar-refractivity contribution in [1.29, 1.82) is 0 Å². The largest absolute Gasteiger partial charge is 0.143 e. The van der Waals surface area contributed by atoms with Crippen LogP contribution in [0.25, 0.3) is 0 Å². The summed E-state index contributed by atoms with van der Waals surface area (Å²) in [6.07, 6.45) is 0. The summed E-state index contributed by atoms with van der Waals surface area (Å²) in [5.41, 5.74) is 2.54. The molecule has 0 fully saturated rings. The Morgan fingerprint density at radius 1 is 1.18 bits per heavy atom. The van der Waals surface area contributed by atoms with Crippen LogP contribution in [0.2, 0.25) is 0 Å². The Kier molecular flexibility index (Phi) is 4.50. The van der Waals surface area contributed by atoms with Gasteiger partial charge in [0.2, 0.25) is 0 Å². The Morgan fingerprint density at radius 2 is 1.88 bits per heavy atom. The molecule has 1 aromatic carbocycles. The predicted octanol–water partition coefficient (Wildman–Crippen LogP) is 6.37. The molecule has 90 valence electrons. The van der Waals surface area contributed by atoms with Crippen LogP contribution in [0, 0.1) is 13.8 Å². The highest BCUT2D eigenvalue weighted by molar-refractivity contribution is 9.11. The first-order valence-electron chi connectivity index (χ1n) is 5.15. The molecule has 0 saturated carbocycles. The summed E-state index contributed by atoms with van der Waals surface area (Å²) < 4.78 is 2.37. The molecule has 0 radical (unpaired) electrons. The maximum Gasteiger partial charge on any atom is 0.0749 e. The van der Waals surface area contributed by atoms with Gasteiger partial charge in [0.1, 0.15) is 0 Å². The lowest BCUT2D eigenvalue weighted by molar-refractivity contribution is 1.19. The van der Waals surface area contributed by atoms with Gasteiger partial charge in [-0.2, -0.15) is 0 Å². The van der Waals surface area contributed by atoms with E-state index in [0.717, 1.165) is 0 Å². The third-order valence-electron chi connectivity index (χ3n) is 2.62. The summed E-state index contributed by atoms with van der Waals surface area (Å²) >= 11 is 12.8. The van der Waals surface area contributed by atoms with Crippen LogP contribution >= 0.6 is 59.1 Å². The van der Waals surface area contributed by atoms with Crippen molar-refractivity contribution in [2.45, 2.75) is 18.7 Å². The van der Waals surface area contributed by atoms with Crippen LogP contribution in [0.5, 0.6) is 0 Å². The van der Waals surface area contributed by atoms with Crippen molar-refractivity contribution in [2.75, 3.05) is 0 Å². The van der Waals surface area contributed by atoms with Gasteiger partial charge >= 0.3 is 0 Å². The number of benzene rings is 1. The molecule has 0 saturated heterocycles. The zero-order chi connectivity index (χ0) is 12.6. The molecule has 0 aliphatic carbocycles. The molecule has 1 unspecified atom stereocenters. The second-order valence-corrected chi connectivity index (χ2v) is 7.74. The lowest BCUT2D eigenvalue weighted by Gasteiger charge is -2.12. The van der Waals surface area contributed by atoms with E-state index in [1.165, 1.54) is 29.8 Å². The molecule has 2 rings (SSSR count). The molecule has 1 aromatic heterocycles. The third kappa shape index (κ3) is 2.86. The summed E-state index contributed by atoms with van der Waals surface area (Å²) in [5, 5.41) is 0. The monoisotopic (exact) mass is 436 g/mol. The molecule has 0 amide bonds. The minimum atomic E-state index is 0.242. The van der Waals surface area contributed by atoms with E-state index in [1.807, 2.05) is 11.3 Å². The van der Waals surface area contributed by atoms with Gasteiger partial charge in [0.25, 0.3) is 0 Å². The van der Waals surface area contributed by atoms with E-state index >= 15 is 0 Å². The van der Waals surface area contributed by atoms with Crippen molar-refractivity contribution in [3.05, 3.63) is 54.1 Å². The molecular weight excluding hydrogens is 428 g/mol. The highest BCUT2D eigenvalue weighted by Crippen LogP contribution is 2.41. The summed E-state index contributed by atoms with van der Waals surface area (Å²) in [6, 6.07) is 8.55. The predicted molar refractivity (Wildman–Crippen MR) is 86.4 cm³/mol. The molecule has 2 aromatic rings. The average molecular weight is 439 g/mol. The van der Waals surface area contributed by atoms with Gasteiger partial charge < -0.3 is 0 Å². The van der Waals surface area contributed by atoms with Crippen LogP contribution in [0.15, 0.2) is 33.2 Å². The molecule has 1 atom stereocenters. The summed E-state index contributed by atoms with van der Waals surface area (Å²) in [7, 11) is 0.